The van der Waals surface area contributed by atoms with Gasteiger partial charge in [-0.2, -0.15) is 5.10 Å². The minimum Gasteiger partial charge on any atom is -0.365 e. The van der Waals surface area contributed by atoms with Crippen molar-refractivity contribution in [2.75, 3.05) is 6.54 Å². The molecule has 3 heterocycles. The molecule has 2 amide bonds. The first-order valence-corrected chi connectivity index (χ1v) is 8.41. The Bertz CT molecular complexity index is 839. The van der Waals surface area contributed by atoms with E-state index in [9.17, 15) is 9.59 Å². The second-order valence-electron chi connectivity index (χ2n) is 7.12. The van der Waals surface area contributed by atoms with Crippen LogP contribution in [0.2, 0.25) is 0 Å². The van der Waals surface area contributed by atoms with Crippen molar-refractivity contribution in [3.05, 3.63) is 42.4 Å². The Hall–Kier alpha value is -2.70. The van der Waals surface area contributed by atoms with E-state index in [0.717, 1.165) is 19.3 Å². The van der Waals surface area contributed by atoms with Gasteiger partial charge in [0.15, 0.2) is 5.65 Å². The molecule has 1 aliphatic rings. The van der Waals surface area contributed by atoms with Gasteiger partial charge < -0.3 is 10.6 Å². The van der Waals surface area contributed by atoms with Gasteiger partial charge in [0.1, 0.15) is 11.3 Å². The van der Waals surface area contributed by atoms with Crippen LogP contribution >= 0.6 is 0 Å². The maximum atomic E-state index is 13.3. The summed E-state index contributed by atoms with van der Waals surface area (Å²) >= 11 is 0. The molecule has 7 heteroatoms. The number of nitrogens with two attached hydrogens (primary N) is 1. The third-order valence-electron chi connectivity index (χ3n) is 5.04. The first kappa shape index (κ1) is 17.1. The van der Waals surface area contributed by atoms with Crippen molar-refractivity contribution >= 4 is 17.5 Å². The van der Waals surface area contributed by atoms with Gasteiger partial charge in [0, 0.05) is 18.8 Å². The van der Waals surface area contributed by atoms with E-state index in [1.807, 2.05) is 11.0 Å². The number of amides is 2. The zero-order valence-corrected chi connectivity index (χ0v) is 14.6. The number of nitrogens with zero attached hydrogens (tertiary/aromatic N) is 4. The van der Waals surface area contributed by atoms with E-state index in [1.165, 1.54) is 16.9 Å². The number of fused-ring (bicyclic) bond motifs is 1. The van der Waals surface area contributed by atoms with Gasteiger partial charge in [-0.1, -0.05) is 19.9 Å². The van der Waals surface area contributed by atoms with Crippen LogP contribution in [0.15, 0.2) is 31.1 Å². The maximum absolute atomic E-state index is 13.3. The summed E-state index contributed by atoms with van der Waals surface area (Å²) in [6.45, 7) is 8.90. The fourth-order valence-electron chi connectivity index (χ4n) is 3.67. The van der Waals surface area contributed by atoms with E-state index in [0.29, 0.717) is 17.9 Å². The molecular weight excluding hydrogens is 318 g/mol. The van der Waals surface area contributed by atoms with Gasteiger partial charge in [-0.15, -0.1) is 6.58 Å². The fraction of sp³-hybridized carbons (Fsp3) is 0.444. The van der Waals surface area contributed by atoms with E-state index in [-0.39, 0.29) is 22.9 Å². The highest BCUT2D eigenvalue weighted by Crippen LogP contribution is 2.37. The second kappa shape index (κ2) is 6.31. The summed E-state index contributed by atoms with van der Waals surface area (Å²) in [5.74, 6) is -0.734. The molecule has 0 aliphatic carbocycles. The molecule has 2 aromatic heterocycles. The van der Waals surface area contributed by atoms with Crippen molar-refractivity contribution in [1.82, 2.24) is 19.5 Å². The molecule has 0 bridgehead atoms. The van der Waals surface area contributed by atoms with Crippen molar-refractivity contribution in [2.45, 2.75) is 39.2 Å². The number of carbonyl (C=O) groups is 2. The van der Waals surface area contributed by atoms with Crippen molar-refractivity contribution < 1.29 is 9.59 Å². The number of aromatic nitrogens is 3. The van der Waals surface area contributed by atoms with Crippen molar-refractivity contribution in [3.63, 3.8) is 0 Å². The smallest absolute Gasteiger partial charge is 0.272 e. The van der Waals surface area contributed by atoms with Crippen molar-refractivity contribution in [2.24, 2.45) is 11.1 Å². The number of carbonyl (C=O) groups excluding carboxylic acids is 2. The van der Waals surface area contributed by atoms with E-state index < -0.39 is 5.91 Å². The summed E-state index contributed by atoms with van der Waals surface area (Å²) < 4.78 is 1.40. The number of piperidine rings is 1. The molecule has 0 radical (unpaired) electrons. The molecule has 1 aliphatic heterocycles. The second-order valence-corrected chi connectivity index (χ2v) is 7.12. The molecule has 1 atom stereocenters. The average molecular weight is 341 g/mol. The normalized spacial score (nSPS) is 19.8. The van der Waals surface area contributed by atoms with Crippen LogP contribution in [0.1, 0.15) is 54.0 Å². The third kappa shape index (κ3) is 2.90. The average Bonchev–Trinajstić information content (AvgIpc) is 3.00. The van der Waals surface area contributed by atoms with Gasteiger partial charge in [-0.25, -0.2) is 9.50 Å². The zero-order valence-electron chi connectivity index (χ0n) is 14.6. The van der Waals surface area contributed by atoms with E-state index in [4.69, 9.17) is 5.73 Å². The lowest BCUT2D eigenvalue weighted by atomic mass is 9.75. The van der Waals surface area contributed by atoms with Crippen LogP contribution in [0.4, 0.5) is 0 Å². The van der Waals surface area contributed by atoms with E-state index in [2.05, 4.69) is 30.5 Å². The molecular formula is C18H23N5O2. The summed E-state index contributed by atoms with van der Waals surface area (Å²) in [4.78, 5) is 30.8. The SMILES string of the molecule is C=CCC1N(C(=O)c2ccnc3c(C(N)=O)cnn23)CCCC1(C)C. The molecule has 1 unspecified atom stereocenters. The van der Waals surface area contributed by atoms with Crippen molar-refractivity contribution in [3.8, 4) is 0 Å². The van der Waals surface area contributed by atoms with Gasteiger partial charge in [0.05, 0.1) is 6.20 Å². The summed E-state index contributed by atoms with van der Waals surface area (Å²) in [5, 5.41) is 4.15. The highest BCUT2D eigenvalue weighted by atomic mass is 16.2. The van der Waals surface area contributed by atoms with Gasteiger partial charge in [0.25, 0.3) is 11.8 Å². The van der Waals surface area contributed by atoms with Crippen molar-refractivity contribution in [1.29, 1.82) is 0 Å². The highest BCUT2D eigenvalue weighted by molar-refractivity contribution is 6.00. The number of rotatable bonds is 4. The van der Waals surface area contributed by atoms with E-state index >= 15 is 0 Å². The Morgan fingerprint density at radius 2 is 2.24 bits per heavy atom. The molecule has 2 N–H and O–H groups in total. The highest BCUT2D eigenvalue weighted by Gasteiger charge is 2.39. The molecule has 0 saturated carbocycles. The molecule has 2 aromatic rings. The molecule has 0 spiro atoms. The Morgan fingerprint density at radius 3 is 2.92 bits per heavy atom. The predicted molar refractivity (Wildman–Crippen MR) is 94.2 cm³/mol. The van der Waals surface area contributed by atoms with Gasteiger partial charge >= 0.3 is 0 Å². The lowest BCUT2D eigenvalue weighted by molar-refractivity contribution is 0.0280. The first-order valence-electron chi connectivity index (χ1n) is 8.41. The fourth-order valence-corrected chi connectivity index (χ4v) is 3.67. The van der Waals surface area contributed by atoms with Crippen LogP contribution in [0.3, 0.4) is 0 Å². The Labute approximate surface area is 146 Å². The van der Waals surface area contributed by atoms with Crippen LogP contribution in [0.5, 0.6) is 0 Å². The van der Waals surface area contributed by atoms with Gasteiger partial charge in [-0.3, -0.25) is 9.59 Å². The number of hydrogen-bond acceptors (Lipinski definition) is 4. The van der Waals surface area contributed by atoms with Crippen LogP contribution in [0, 0.1) is 5.41 Å². The minimum atomic E-state index is -0.615. The number of likely N-dealkylation sites (tertiary alicyclic amines) is 1. The van der Waals surface area contributed by atoms with Crippen LogP contribution in [-0.4, -0.2) is 43.9 Å². The lowest BCUT2D eigenvalue weighted by Gasteiger charge is -2.46. The quantitative estimate of drug-likeness (QED) is 0.861. The van der Waals surface area contributed by atoms with Gasteiger partial charge in [0.2, 0.25) is 0 Å². The monoisotopic (exact) mass is 341 g/mol. The summed E-state index contributed by atoms with van der Waals surface area (Å²) in [5.41, 5.74) is 6.25. The summed E-state index contributed by atoms with van der Waals surface area (Å²) in [6.07, 6.45) is 7.47. The molecule has 0 aromatic carbocycles. The topological polar surface area (TPSA) is 93.6 Å². The van der Waals surface area contributed by atoms with Crippen LogP contribution in [-0.2, 0) is 0 Å². The van der Waals surface area contributed by atoms with Crippen LogP contribution < -0.4 is 5.73 Å². The Morgan fingerprint density at radius 1 is 1.48 bits per heavy atom. The van der Waals surface area contributed by atoms with Gasteiger partial charge in [-0.05, 0) is 30.7 Å². The van der Waals surface area contributed by atoms with Crippen LogP contribution in [0.25, 0.3) is 5.65 Å². The molecule has 7 nitrogen and oxygen atoms in total. The molecule has 3 rings (SSSR count). The maximum Gasteiger partial charge on any atom is 0.272 e. The Kier molecular flexibility index (Phi) is 4.32. The summed E-state index contributed by atoms with van der Waals surface area (Å²) in [7, 11) is 0. The summed E-state index contributed by atoms with van der Waals surface area (Å²) in [6, 6.07) is 1.69. The molecule has 1 saturated heterocycles. The third-order valence-corrected chi connectivity index (χ3v) is 5.04. The standard InChI is InChI=1S/C18H23N5O2/c1-4-6-14-18(2,3)8-5-10-22(14)17(25)13-7-9-20-16-12(15(19)24)11-21-23(13)16/h4,7,9,11,14H,1,5-6,8,10H2,2-3H3,(H2,19,24). The molecule has 132 valence electrons. The molecule has 1 fully saturated rings. The van der Waals surface area contributed by atoms with E-state index in [1.54, 1.807) is 6.07 Å². The Balaban J connectivity index is 2.04. The zero-order chi connectivity index (χ0) is 18.2. The molecule has 25 heavy (non-hydrogen) atoms. The lowest BCUT2D eigenvalue weighted by Crippen LogP contribution is -2.52. The number of primary amides is 1. The number of hydrogen-bond donors (Lipinski definition) is 1. The first-order chi connectivity index (χ1) is 11.9. The minimum absolute atomic E-state index is 0.0107. The predicted octanol–water partition coefficient (Wildman–Crippen LogP) is 2.04. The largest absolute Gasteiger partial charge is 0.365 e.